The molecule has 3 heterocycles. The molecule has 0 unspecified atom stereocenters. The molecule has 0 spiro atoms. The molecule has 0 amide bonds. The molecule has 2 aliphatic heterocycles. The molecule has 0 atom stereocenters. The number of hydrogen-bond acceptors (Lipinski definition) is 8. The first-order valence-electron chi connectivity index (χ1n) is 8.65. The number of ether oxygens (including phenoxy) is 1. The number of hydrogen-bond donors (Lipinski definition) is 1. The summed E-state index contributed by atoms with van der Waals surface area (Å²) in [6.07, 6.45) is 1.20. The summed E-state index contributed by atoms with van der Waals surface area (Å²) in [7, 11) is -3.19. The number of morpholine rings is 1. The van der Waals surface area contributed by atoms with Gasteiger partial charge >= 0.3 is 0 Å². The van der Waals surface area contributed by atoms with Crippen LogP contribution in [0.3, 0.4) is 0 Å². The molecule has 0 aliphatic carbocycles. The van der Waals surface area contributed by atoms with Gasteiger partial charge in [0.25, 0.3) is 0 Å². The van der Waals surface area contributed by atoms with E-state index in [1.54, 1.807) is 0 Å². The van der Waals surface area contributed by atoms with Gasteiger partial charge in [0.15, 0.2) is 5.76 Å². The Bertz CT molecular complexity index is 780. The van der Waals surface area contributed by atoms with Crippen LogP contribution in [0.2, 0.25) is 0 Å². The van der Waals surface area contributed by atoms with E-state index in [2.05, 4.69) is 4.90 Å². The molecule has 9 nitrogen and oxygen atoms in total. The smallest absolute Gasteiger partial charge is 0.227 e. The van der Waals surface area contributed by atoms with Crippen LogP contribution in [-0.2, 0) is 27.8 Å². The quantitative estimate of drug-likeness (QED) is 0.704. The van der Waals surface area contributed by atoms with Gasteiger partial charge in [-0.05, 0) is 0 Å². The second kappa shape index (κ2) is 8.05. The summed E-state index contributed by atoms with van der Waals surface area (Å²) in [4.78, 5) is 16.2. The molecule has 0 aromatic carbocycles. The maximum absolute atomic E-state index is 12.1. The molecular weight excluding hydrogens is 362 g/mol. The summed E-state index contributed by atoms with van der Waals surface area (Å²) in [6.45, 7) is 5.42. The largest absolute Gasteiger partial charge is 0.502 e. The van der Waals surface area contributed by atoms with Crippen LogP contribution in [0.5, 0.6) is 5.75 Å². The molecule has 0 bridgehead atoms. The molecule has 146 valence electrons. The van der Waals surface area contributed by atoms with Crippen LogP contribution in [0.25, 0.3) is 0 Å². The zero-order valence-electron chi connectivity index (χ0n) is 14.9. The number of aromatic hydroxyl groups is 1. The van der Waals surface area contributed by atoms with E-state index in [-0.39, 0.29) is 18.1 Å². The van der Waals surface area contributed by atoms with E-state index in [0.29, 0.717) is 51.7 Å². The highest BCUT2D eigenvalue weighted by Crippen LogP contribution is 2.19. The molecule has 1 aromatic heterocycles. The van der Waals surface area contributed by atoms with Crippen molar-refractivity contribution < 1.29 is 22.7 Å². The second-order valence-corrected chi connectivity index (χ2v) is 8.66. The SMILES string of the molecule is CS(=O)(=O)N1CCN(Cc2oc(CN3CCOCC3)cc(=O)c2O)CC1. The van der Waals surface area contributed by atoms with Gasteiger partial charge < -0.3 is 14.3 Å². The lowest BCUT2D eigenvalue weighted by molar-refractivity contribution is 0.0306. The number of nitrogens with zero attached hydrogens (tertiary/aromatic N) is 3. The van der Waals surface area contributed by atoms with Gasteiger partial charge in [0, 0.05) is 45.3 Å². The van der Waals surface area contributed by atoms with E-state index in [1.165, 1.54) is 16.6 Å². The third kappa shape index (κ3) is 4.83. The third-order valence-corrected chi connectivity index (χ3v) is 6.00. The minimum absolute atomic E-state index is 0.230. The van der Waals surface area contributed by atoms with Crippen LogP contribution in [0.4, 0.5) is 0 Å². The second-order valence-electron chi connectivity index (χ2n) is 6.68. The summed E-state index contributed by atoms with van der Waals surface area (Å²) in [5.74, 6) is 0.370. The predicted molar refractivity (Wildman–Crippen MR) is 94.4 cm³/mol. The van der Waals surface area contributed by atoms with Gasteiger partial charge in [0.1, 0.15) is 5.76 Å². The van der Waals surface area contributed by atoms with Crippen LogP contribution >= 0.6 is 0 Å². The van der Waals surface area contributed by atoms with Gasteiger partial charge in [-0.2, -0.15) is 4.31 Å². The van der Waals surface area contributed by atoms with E-state index in [4.69, 9.17) is 9.15 Å². The van der Waals surface area contributed by atoms with Crippen molar-refractivity contribution in [3.8, 4) is 5.75 Å². The Hall–Kier alpha value is -1.46. The van der Waals surface area contributed by atoms with Crippen LogP contribution in [0, 0.1) is 0 Å². The fourth-order valence-electron chi connectivity index (χ4n) is 3.18. The fraction of sp³-hybridized carbons (Fsp3) is 0.688. The van der Waals surface area contributed by atoms with Crippen LogP contribution in [0.15, 0.2) is 15.3 Å². The van der Waals surface area contributed by atoms with Crippen LogP contribution in [0.1, 0.15) is 11.5 Å². The van der Waals surface area contributed by atoms with E-state index in [1.807, 2.05) is 4.90 Å². The maximum atomic E-state index is 12.1. The fourth-order valence-corrected chi connectivity index (χ4v) is 4.00. The van der Waals surface area contributed by atoms with Crippen LogP contribution in [-0.4, -0.2) is 86.4 Å². The van der Waals surface area contributed by atoms with Gasteiger partial charge in [0.05, 0.1) is 32.6 Å². The van der Waals surface area contributed by atoms with Crippen LogP contribution < -0.4 is 5.43 Å². The molecule has 2 saturated heterocycles. The molecule has 0 radical (unpaired) electrons. The van der Waals surface area contributed by atoms with Gasteiger partial charge in [-0.15, -0.1) is 0 Å². The zero-order chi connectivity index (χ0) is 18.7. The topological polar surface area (TPSA) is 104 Å². The molecule has 0 saturated carbocycles. The minimum atomic E-state index is -3.19. The van der Waals surface area contributed by atoms with Crippen molar-refractivity contribution in [1.29, 1.82) is 0 Å². The highest BCUT2D eigenvalue weighted by atomic mass is 32.2. The maximum Gasteiger partial charge on any atom is 0.227 e. The monoisotopic (exact) mass is 387 g/mol. The van der Waals surface area contributed by atoms with Crippen molar-refractivity contribution in [2.24, 2.45) is 0 Å². The van der Waals surface area contributed by atoms with E-state index < -0.39 is 15.5 Å². The molecule has 2 fully saturated rings. The van der Waals surface area contributed by atoms with Crippen molar-refractivity contribution in [1.82, 2.24) is 14.1 Å². The summed E-state index contributed by atoms with van der Waals surface area (Å²) >= 11 is 0. The summed E-state index contributed by atoms with van der Waals surface area (Å²) in [5.41, 5.74) is -0.454. The Morgan fingerprint density at radius 1 is 1.04 bits per heavy atom. The van der Waals surface area contributed by atoms with Crippen molar-refractivity contribution in [3.63, 3.8) is 0 Å². The summed E-state index contributed by atoms with van der Waals surface area (Å²) in [6, 6.07) is 1.33. The van der Waals surface area contributed by atoms with Crippen molar-refractivity contribution in [2.75, 3.05) is 58.7 Å². The van der Waals surface area contributed by atoms with E-state index >= 15 is 0 Å². The molecule has 26 heavy (non-hydrogen) atoms. The highest BCUT2D eigenvalue weighted by molar-refractivity contribution is 7.88. The summed E-state index contributed by atoms with van der Waals surface area (Å²) < 4.78 is 35.7. The standard InChI is InChI=1S/C16H25N3O6S/c1-26(22,23)19-4-2-17(3-5-19)12-15-16(21)14(20)10-13(25-15)11-18-6-8-24-9-7-18/h10,21H,2-9,11-12H2,1H3. The lowest BCUT2D eigenvalue weighted by Crippen LogP contribution is -2.47. The Balaban J connectivity index is 1.66. The van der Waals surface area contributed by atoms with E-state index in [0.717, 1.165) is 13.1 Å². The first-order valence-corrected chi connectivity index (χ1v) is 10.5. The zero-order valence-corrected chi connectivity index (χ0v) is 15.7. The number of sulfonamides is 1. The Morgan fingerprint density at radius 3 is 2.27 bits per heavy atom. The first kappa shape index (κ1) is 19.3. The van der Waals surface area contributed by atoms with Crippen molar-refractivity contribution >= 4 is 10.0 Å². The van der Waals surface area contributed by atoms with Gasteiger partial charge in [-0.25, -0.2) is 8.42 Å². The normalized spacial score (nSPS) is 21.1. The summed E-state index contributed by atoms with van der Waals surface area (Å²) in [5, 5.41) is 10.1. The van der Waals surface area contributed by atoms with Gasteiger partial charge in [-0.3, -0.25) is 14.6 Å². The lowest BCUT2D eigenvalue weighted by Gasteiger charge is -2.32. The van der Waals surface area contributed by atoms with Gasteiger partial charge in [-0.1, -0.05) is 0 Å². The molecular formula is C16H25N3O6S. The number of rotatable bonds is 5. The average Bonchev–Trinajstić information content (AvgIpc) is 2.60. The molecule has 2 aliphatic rings. The van der Waals surface area contributed by atoms with Crippen molar-refractivity contribution in [2.45, 2.75) is 13.1 Å². The number of piperazine rings is 1. The van der Waals surface area contributed by atoms with Gasteiger partial charge in [0.2, 0.25) is 21.2 Å². The lowest BCUT2D eigenvalue weighted by atomic mass is 10.2. The minimum Gasteiger partial charge on any atom is -0.502 e. The molecule has 3 rings (SSSR count). The van der Waals surface area contributed by atoms with E-state index in [9.17, 15) is 18.3 Å². The Labute approximate surface area is 152 Å². The molecule has 10 heteroatoms. The Morgan fingerprint density at radius 2 is 1.65 bits per heavy atom. The van der Waals surface area contributed by atoms with Crippen molar-refractivity contribution in [3.05, 3.63) is 27.8 Å². The highest BCUT2D eigenvalue weighted by Gasteiger charge is 2.25. The molecule has 1 aromatic rings. The Kier molecular flexibility index (Phi) is 5.98. The molecule has 1 N–H and O–H groups in total. The average molecular weight is 387 g/mol. The first-order chi connectivity index (χ1) is 12.3. The predicted octanol–water partition coefficient (Wildman–Crippen LogP) is -0.745. The third-order valence-electron chi connectivity index (χ3n) is 4.69.